The second kappa shape index (κ2) is 5.09. The van der Waals surface area contributed by atoms with Crippen LogP contribution in [0.5, 0.6) is 0 Å². The lowest BCUT2D eigenvalue weighted by molar-refractivity contribution is 0.0696. The Kier molecular flexibility index (Phi) is 3.12. The highest BCUT2D eigenvalue weighted by atomic mass is 16.4. The molecule has 21 heavy (non-hydrogen) atoms. The van der Waals surface area contributed by atoms with Gasteiger partial charge in [-0.2, -0.15) is 0 Å². The smallest absolute Gasteiger partial charge is 0.337 e. The molecule has 6 nitrogen and oxygen atoms in total. The van der Waals surface area contributed by atoms with Gasteiger partial charge in [-0.05, 0) is 18.2 Å². The second-order valence-corrected chi connectivity index (χ2v) is 4.51. The maximum atomic E-state index is 10.8. The van der Waals surface area contributed by atoms with Gasteiger partial charge in [0.05, 0.1) is 28.7 Å². The van der Waals surface area contributed by atoms with Crippen LogP contribution >= 0.6 is 0 Å². The summed E-state index contributed by atoms with van der Waals surface area (Å²) in [7, 11) is 0. The second-order valence-electron chi connectivity index (χ2n) is 4.51. The van der Waals surface area contributed by atoms with Gasteiger partial charge in [-0.15, -0.1) is 0 Å². The molecule has 3 rings (SSSR count). The summed E-state index contributed by atoms with van der Waals surface area (Å²) in [5, 5.41) is 12.9. The molecule has 0 amide bonds. The summed E-state index contributed by atoms with van der Waals surface area (Å²) in [6, 6.07) is 11.0. The van der Waals surface area contributed by atoms with Crippen LogP contribution in [0.1, 0.15) is 10.4 Å². The maximum Gasteiger partial charge on any atom is 0.337 e. The maximum absolute atomic E-state index is 10.8. The van der Waals surface area contributed by atoms with E-state index in [0.29, 0.717) is 5.82 Å². The highest BCUT2D eigenvalue weighted by molar-refractivity contribution is 5.90. The Morgan fingerprint density at radius 2 is 1.95 bits per heavy atom. The zero-order valence-corrected chi connectivity index (χ0v) is 10.9. The van der Waals surface area contributed by atoms with Gasteiger partial charge < -0.3 is 16.2 Å². The topological polar surface area (TPSA) is 101 Å². The molecule has 0 aliphatic carbocycles. The van der Waals surface area contributed by atoms with Gasteiger partial charge in [0.2, 0.25) is 0 Å². The van der Waals surface area contributed by atoms with E-state index in [1.807, 2.05) is 30.3 Å². The lowest BCUT2D eigenvalue weighted by Crippen LogP contribution is -2.04. The molecule has 0 spiro atoms. The van der Waals surface area contributed by atoms with E-state index >= 15 is 0 Å². The van der Waals surface area contributed by atoms with E-state index in [9.17, 15) is 4.79 Å². The van der Waals surface area contributed by atoms with E-state index in [2.05, 4.69) is 15.3 Å². The zero-order chi connectivity index (χ0) is 14.8. The van der Waals surface area contributed by atoms with Crippen molar-refractivity contribution in [1.29, 1.82) is 0 Å². The monoisotopic (exact) mass is 280 g/mol. The highest BCUT2D eigenvalue weighted by Gasteiger charge is 2.08. The number of hydrogen-bond acceptors (Lipinski definition) is 5. The fourth-order valence-corrected chi connectivity index (χ4v) is 1.98. The SMILES string of the molecule is Nc1cc(C(=O)O)cnc1Nc1cnc2ccccc2c1. The van der Waals surface area contributed by atoms with Crippen LogP contribution in [0.3, 0.4) is 0 Å². The standard InChI is InChI=1S/C15H12N4O2/c16-12-6-10(15(20)21)7-18-14(12)19-11-5-9-3-1-2-4-13(9)17-8-11/h1-8H,16H2,(H,18,19)(H,20,21). The van der Waals surface area contributed by atoms with Crippen LogP contribution in [0.25, 0.3) is 10.9 Å². The zero-order valence-electron chi connectivity index (χ0n) is 10.9. The lowest BCUT2D eigenvalue weighted by Gasteiger charge is -2.09. The number of nitrogen functional groups attached to an aromatic ring is 1. The Labute approximate surface area is 120 Å². The Morgan fingerprint density at radius 1 is 1.14 bits per heavy atom. The van der Waals surface area contributed by atoms with Crippen molar-refractivity contribution >= 4 is 34.1 Å². The van der Waals surface area contributed by atoms with Crippen molar-refractivity contribution in [3.8, 4) is 0 Å². The summed E-state index contributed by atoms with van der Waals surface area (Å²) in [5.74, 6) is -0.662. The molecule has 4 N–H and O–H groups in total. The molecular formula is C15H12N4O2. The first-order valence-electron chi connectivity index (χ1n) is 6.24. The predicted molar refractivity (Wildman–Crippen MR) is 80.6 cm³/mol. The molecule has 0 aliphatic rings. The van der Waals surface area contributed by atoms with Gasteiger partial charge in [-0.25, -0.2) is 9.78 Å². The van der Waals surface area contributed by atoms with E-state index in [1.54, 1.807) is 6.20 Å². The first-order valence-corrected chi connectivity index (χ1v) is 6.24. The van der Waals surface area contributed by atoms with E-state index in [0.717, 1.165) is 16.6 Å². The Balaban J connectivity index is 1.93. The molecular weight excluding hydrogens is 268 g/mol. The van der Waals surface area contributed by atoms with Gasteiger partial charge in [-0.1, -0.05) is 18.2 Å². The van der Waals surface area contributed by atoms with Crippen molar-refractivity contribution in [3.05, 3.63) is 54.4 Å². The number of pyridine rings is 2. The van der Waals surface area contributed by atoms with Crippen molar-refractivity contribution in [3.63, 3.8) is 0 Å². The number of fused-ring (bicyclic) bond motifs is 1. The van der Waals surface area contributed by atoms with Crippen molar-refractivity contribution in [2.45, 2.75) is 0 Å². The molecule has 2 heterocycles. The number of benzene rings is 1. The van der Waals surface area contributed by atoms with Gasteiger partial charge in [0.25, 0.3) is 0 Å². The van der Waals surface area contributed by atoms with E-state index < -0.39 is 5.97 Å². The summed E-state index contributed by atoms with van der Waals surface area (Å²) in [5.41, 5.74) is 7.75. The first kappa shape index (κ1) is 12.9. The summed E-state index contributed by atoms with van der Waals surface area (Å²) < 4.78 is 0. The van der Waals surface area contributed by atoms with Crippen LogP contribution in [-0.4, -0.2) is 21.0 Å². The number of nitrogens with zero attached hydrogens (tertiary/aromatic N) is 2. The number of carboxylic acids is 1. The summed E-state index contributed by atoms with van der Waals surface area (Å²) in [4.78, 5) is 19.2. The average Bonchev–Trinajstić information content (AvgIpc) is 2.49. The Hall–Kier alpha value is -3.15. The minimum absolute atomic E-state index is 0.0506. The Morgan fingerprint density at radius 3 is 2.71 bits per heavy atom. The molecule has 6 heteroatoms. The van der Waals surface area contributed by atoms with E-state index in [-0.39, 0.29) is 11.3 Å². The molecule has 2 aromatic heterocycles. The number of rotatable bonds is 3. The number of aromatic nitrogens is 2. The third-order valence-corrected chi connectivity index (χ3v) is 3.02. The molecule has 0 radical (unpaired) electrons. The van der Waals surface area contributed by atoms with E-state index in [4.69, 9.17) is 10.8 Å². The normalized spacial score (nSPS) is 10.5. The summed E-state index contributed by atoms with van der Waals surface area (Å²) in [6.07, 6.45) is 2.93. The minimum Gasteiger partial charge on any atom is -0.478 e. The molecule has 0 atom stereocenters. The Bertz CT molecular complexity index is 833. The minimum atomic E-state index is -1.06. The molecule has 0 bridgehead atoms. The summed E-state index contributed by atoms with van der Waals surface area (Å²) >= 11 is 0. The number of nitrogens with two attached hydrogens (primary N) is 1. The molecule has 0 aliphatic heterocycles. The van der Waals surface area contributed by atoms with Gasteiger partial charge in [-0.3, -0.25) is 4.98 Å². The van der Waals surface area contributed by atoms with Gasteiger partial charge in [0.1, 0.15) is 0 Å². The number of nitrogens with one attached hydrogen (secondary N) is 1. The highest BCUT2D eigenvalue weighted by Crippen LogP contribution is 2.23. The molecule has 0 saturated heterocycles. The van der Waals surface area contributed by atoms with Crippen LogP contribution in [0.2, 0.25) is 0 Å². The first-order chi connectivity index (χ1) is 10.1. The molecule has 0 fully saturated rings. The fraction of sp³-hybridized carbons (Fsp3) is 0. The number of carbonyl (C=O) groups is 1. The number of para-hydroxylation sites is 1. The molecule has 3 aromatic rings. The number of carboxylic acid groups (broad SMARTS) is 1. The van der Waals surface area contributed by atoms with Crippen molar-refractivity contribution in [1.82, 2.24) is 9.97 Å². The average molecular weight is 280 g/mol. The molecule has 0 saturated carbocycles. The number of hydrogen-bond donors (Lipinski definition) is 3. The van der Waals surface area contributed by atoms with Crippen molar-refractivity contribution in [2.75, 3.05) is 11.1 Å². The largest absolute Gasteiger partial charge is 0.478 e. The molecule has 0 unspecified atom stereocenters. The van der Waals surface area contributed by atoms with Crippen molar-refractivity contribution in [2.24, 2.45) is 0 Å². The third kappa shape index (κ3) is 2.59. The fourth-order valence-electron chi connectivity index (χ4n) is 1.98. The quantitative estimate of drug-likeness (QED) is 0.681. The van der Waals surface area contributed by atoms with Crippen LogP contribution in [0.15, 0.2) is 48.8 Å². The molecule has 104 valence electrons. The lowest BCUT2D eigenvalue weighted by atomic mass is 10.2. The van der Waals surface area contributed by atoms with Crippen LogP contribution in [0.4, 0.5) is 17.2 Å². The third-order valence-electron chi connectivity index (χ3n) is 3.02. The van der Waals surface area contributed by atoms with Gasteiger partial charge in [0, 0.05) is 11.6 Å². The van der Waals surface area contributed by atoms with Gasteiger partial charge >= 0.3 is 5.97 Å². The number of anilines is 3. The van der Waals surface area contributed by atoms with Crippen LogP contribution < -0.4 is 11.1 Å². The van der Waals surface area contributed by atoms with Crippen LogP contribution in [-0.2, 0) is 0 Å². The van der Waals surface area contributed by atoms with Crippen molar-refractivity contribution < 1.29 is 9.90 Å². The molecule has 1 aromatic carbocycles. The van der Waals surface area contributed by atoms with Crippen LogP contribution in [0, 0.1) is 0 Å². The van der Waals surface area contributed by atoms with Gasteiger partial charge in [0.15, 0.2) is 5.82 Å². The predicted octanol–water partition coefficient (Wildman–Crippen LogP) is 2.65. The number of aromatic carboxylic acids is 1. The summed E-state index contributed by atoms with van der Waals surface area (Å²) in [6.45, 7) is 0. The van der Waals surface area contributed by atoms with E-state index in [1.165, 1.54) is 12.3 Å².